The third-order valence-electron chi connectivity index (χ3n) is 1.29. The average Bonchev–Trinajstić information content (AvgIpc) is 1.91. The van der Waals surface area contributed by atoms with E-state index in [-0.39, 0.29) is 0 Å². The molecule has 5 heteroatoms. The summed E-state index contributed by atoms with van der Waals surface area (Å²) < 4.78 is 23.2. The summed E-state index contributed by atoms with van der Waals surface area (Å²) in [6, 6.07) is 6.89. The van der Waals surface area contributed by atoms with Crippen LogP contribution < -0.4 is 4.72 Å². The number of rotatable bonds is 2. The van der Waals surface area contributed by atoms with E-state index in [1.807, 2.05) is 6.92 Å². The second kappa shape index (κ2) is 3.33. The molecule has 1 rings (SSSR count). The lowest BCUT2D eigenvalue weighted by Crippen LogP contribution is -2.03. The second-order valence-corrected chi connectivity index (χ2v) is 4.70. The molecule has 0 aromatic heterocycles. The van der Waals surface area contributed by atoms with Crippen LogP contribution in [0.5, 0.6) is 0 Å². The standard InChI is InChI=1S/C7H8ClNO2S/c1-6-2-4-7(5-3-6)9-12(8,10)11/h2-5,9H,1H3. The smallest absolute Gasteiger partial charge is 0.271 e. The first-order chi connectivity index (χ1) is 5.47. The lowest BCUT2D eigenvalue weighted by atomic mass is 10.2. The molecule has 0 bridgehead atoms. The first-order valence-corrected chi connectivity index (χ1v) is 5.57. The Balaban J connectivity index is 2.85. The van der Waals surface area contributed by atoms with Crippen LogP contribution in [0, 0.1) is 6.92 Å². The molecule has 0 amide bonds. The van der Waals surface area contributed by atoms with Crippen LogP contribution in [0.15, 0.2) is 24.3 Å². The third-order valence-corrected chi connectivity index (χ3v) is 2.00. The summed E-state index contributed by atoms with van der Waals surface area (Å²) >= 11 is 0. The quantitative estimate of drug-likeness (QED) is 0.750. The van der Waals surface area contributed by atoms with Gasteiger partial charge in [0.05, 0.1) is 0 Å². The molecule has 0 heterocycles. The molecule has 12 heavy (non-hydrogen) atoms. The van der Waals surface area contributed by atoms with Gasteiger partial charge in [0, 0.05) is 16.4 Å². The Morgan fingerprint density at radius 1 is 1.25 bits per heavy atom. The summed E-state index contributed by atoms with van der Waals surface area (Å²) in [6.07, 6.45) is 0. The first kappa shape index (κ1) is 9.35. The molecule has 0 aliphatic heterocycles. The molecule has 1 aromatic carbocycles. The van der Waals surface area contributed by atoms with Crippen molar-refractivity contribution in [3.63, 3.8) is 0 Å². The molecule has 0 aliphatic rings. The fraction of sp³-hybridized carbons (Fsp3) is 0.143. The van der Waals surface area contributed by atoms with Crippen molar-refractivity contribution in [2.24, 2.45) is 0 Å². The maximum absolute atomic E-state index is 10.5. The number of benzene rings is 1. The lowest BCUT2D eigenvalue weighted by Gasteiger charge is -2.00. The van der Waals surface area contributed by atoms with Gasteiger partial charge in [-0.25, -0.2) is 0 Å². The summed E-state index contributed by atoms with van der Waals surface area (Å²) in [5.41, 5.74) is 1.53. The Morgan fingerprint density at radius 2 is 1.75 bits per heavy atom. The SMILES string of the molecule is Cc1ccc(NS(=O)(=O)Cl)cc1. The number of halogens is 1. The van der Waals surface area contributed by atoms with Gasteiger partial charge < -0.3 is 0 Å². The van der Waals surface area contributed by atoms with Crippen molar-refractivity contribution in [1.82, 2.24) is 0 Å². The van der Waals surface area contributed by atoms with Crippen LogP contribution in [0.4, 0.5) is 5.69 Å². The number of hydrogen-bond donors (Lipinski definition) is 1. The Hall–Kier alpha value is -0.740. The molecule has 0 spiro atoms. The van der Waals surface area contributed by atoms with Gasteiger partial charge in [-0.3, -0.25) is 4.72 Å². The van der Waals surface area contributed by atoms with Crippen molar-refractivity contribution < 1.29 is 8.42 Å². The summed E-state index contributed by atoms with van der Waals surface area (Å²) in [6.45, 7) is 1.92. The zero-order valence-electron chi connectivity index (χ0n) is 6.41. The maximum Gasteiger partial charge on any atom is 0.319 e. The molecule has 0 saturated heterocycles. The van der Waals surface area contributed by atoms with E-state index in [0.29, 0.717) is 5.69 Å². The van der Waals surface area contributed by atoms with Crippen LogP contribution >= 0.6 is 10.7 Å². The molecule has 3 nitrogen and oxygen atoms in total. The van der Waals surface area contributed by atoms with Crippen molar-refractivity contribution in [1.29, 1.82) is 0 Å². The molecule has 0 aliphatic carbocycles. The van der Waals surface area contributed by atoms with Gasteiger partial charge in [0.15, 0.2) is 0 Å². The van der Waals surface area contributed by atoms with Gasteiger partial charge in [0.25, 0.3) is 0 Å². The van der Waals surface area contributed by atoms with Gasteiger partial charge in [-0.2, -0.15) is 8.42 Å². The van der Waals surface area contributed by atoms with Crippen LogP contribution in [0.3, 0.4) is 0 Å². The van der Waals surface area contributed by atoms with Crippen LogP contribution in [-0.2, 0) is 9.24 Å². The normalized spacial score (nSPS) is 11.2. The van der Waals surface area contributed by atoms with Gasteiger partial charge in [0.2, 0.25) is 0 Å². The Morgan fingerprint density at radius 3 is 2.17 bits per heavy atom. The molecule has 66 valence electrons. The third kappa shape index (κ3) is 3.11. The molecular weight excluding hydrogens is 198 g/mol. The Bertz CT molecular complexity index is 357. The molecule has 1 aromatic rings. The van der Waals surface area contributed by atoms with Gasteiger partial charge in [-0.15, -0.1) is 0 Å². The summed E-state index contributed by atoms with van der Waals surface area (Å²) in [5, 5.41) is 0. The topological polar surface area (TPSA) is 46.2 Å². The summed E-state index contributed by atoms with van der Waals surface area (Å²) in [5.74, 6) is 0. The average molecular weight is 206 g/mol. The van der Waals surface area contributed by atoms with Gasteiger partial charge in [0.1, 0.15) is 0 Å². The number of aryl methyl sites for hydroxylation is 1. The van der Waals surface area contributed by atoms with E-state index >= 15 is 0 Å². The lowest BCUT2D eigenvalue weighted by molar-refractivity contribution is 0.614. The Labute approximate surface area is 75.9 Å². The van der Waals surface area contributed by atoms with Crippen LogP contribution in [0.2, 0.25) is 0 Å². The summed E-state index contributed by atoms with van der Waals surface area (Å²) in [4.78, 5) is 0. The minimum absolute atomic E-state index is 0.468. The van der Waals surface area contributed by atoms with E-state index < -0.39 is 9.24 Å². The van der Waals surface area contributed by atoms with Crippen molar-refractivity contribution in [3.05, 3.63) is 29.8 Å². The number of anilines is 1. The zero-order chi connectivity index (χ0) is 9.19. The molecule has 0 unspecified atom stereocenters. The van der Waals surface area contributed by atoms with E-state index in [2.05, 4.69) is 4.72 Å². The number of nitrogens with one attached hydrogen (secondary N) is 1. The molecule has 0 fully saturated rings. The highest BCUT2D eigenvalue weighted by Gasteiger charge is 2.02. The van der Waals surface area contributed by atoms with Crippen LogP contribution in [-0.4, -0.2) is 8.42 Å². The fourth-order valence-corrected chi connectivity index (χ4v) is 1.45. The summed E-state index contributed by atoms with van der Waals surface area (Å²) in [7, 11) is 1.30. The van der Waals surface area contributed by atoms with Crippen molar-refractivity contribution in [2.45, 2.75) is 6.92 Å². The van der Waals surface area contributed by atoms with Gasteiger partial charge in [-0.1, -0.05) is 17.7 Å². The fourth-order valence-electron chi connectivity index (χ4n) is 0.762. The van der Waals surface area contributed by atoms with E-state index in [4.69, 9.17) is 10.7 Å². The second-order valence-electron chi connectivity index (χ2n) is 2.41. The highest BCUT2D eigenvalue weighted by molar-refractivity contribution is 8.14. The van der Waals surface area contributed by atoms with Crippen LogP contribution in [0.1, 0.15) is 5.56 Å². The van der Waals surface area contributed by atoms with E-state index in [0.717, 1.165) is 5.56 Å². The number of hydrogen-bond acceptors (Lipinski definition) is 2. The molecule has 0 saturated carbocycles. The molecule has 0 atom stereocenters. The van der Waals surface area contributed by atoms with Crippen molar-refractivity contribution >= 4 is 25.6 Å². The monoisotopic (exact) mass is 205 g/mol. The predicted octanol–water partition coefficient (Wildman–Crippen LogP) is 1.89. The van der Waals surface area contributed by atoms with Gasteiger partial charge in [-0.05, 0) is 19.1 Å². The molecular formula is C7H8ClNO2S. The highest BCUT2D eigenvalue weighted by Crippen LogP contribution is 2.11. The minimum Gasteiger partial charge on any atom is -0.271 e. The van der Waals surface area contributed by atoms with Crippen molar-refractivity contribution in [3.8, 4) is 0 Å². The molecule has 1 N–H and O–H groups in total. The van der Waals surface area contributed by atoms with Crippen LogP contribution in [0.25, 0.3) is 0 Å². The Kier molecular flexibility index (Phi) is 2.59. The predicted molar refractivity (Wildman–Crippen MR) is 49.6 cm³/mol. The first-order valence-electron chi connectivity index (χ1n) is 3.26. The minimum atomic E-state index is -3.67. The maximum atomic E-state index is 10.5. The highest BCUT2D eigenvalue weighted by atomic mass is 35.7. The van der Waals surface area contributed by atoms with Crippen molar-refractivity contribution in [2.75, 3.05) is 4.72 Å². The zero-order valence-corrected chi connectivity index (χ0v) is 7.98. The largest absolute Gasteiger partial charge is 0.319 e. The van der Waals surface area contributed by atoms with E-state index in [9.17, 15) is 8.42 Å². The van der Waals surface area contributed by atoms with E-state index in [1.165, 1.54) is 0 Å². The molecule has 0 radical (unpaired) electrons. The van der Waals surface area contributed by atoms with Gasteiger partial charge >= 0.3 is 9.24 Å². The van der Waals surface area contributed by atoms with E-state index in [1.54, 1.807) is 24.3 Å².